The van der Waals surface area contributed by atoms with Crippen molar-refractivity contribution in [2.24, 2.45) is 0 Å². The van der Waals surface area contributed by atoms with Gasteiger partial charge < -0.3 is 19.8 Å². The van der Waals surface area contributed by atoms with Gasteiger partial charge in [-0.15, -0.1) is 0 Å². The molecule has 0 saturated carbocycles. The summed E-state index contributed by atoms with van der Waals surface area (Å²) in [6, 6.07) is 10.2. The molecule has 0 aliphatic carbocycles. The summed E-state index contributed by atoms with van der Waals surface area (Å²) in [4.78, 5) is 32.6. The standard InChI is InChI=1S/C22H24N6O/c1-14-3-5-17(12-27(2)21-18-8-10-24-20(18)25-13-26-21)28(14)22(29)16-4-6-19-15(11-16)7-9-23-19/h4,6-11,13-14,17,23H,3,5,12H2,1-2H3,(H,24,25,26)/t14-,17-/m1/s1. The lowest BCUT2D eigenvalue weighted by Crippen LogP contribution is -2.45. The number of hydrogen-bond acceptors (Lipinski definition) is 4. The Hall–Kier alpha value is -3.35. The Morgan fingerprint density at radius 3 is 2.93 bits per heavy atom. The van der Waals surface area contributed by atoms with Gasteiger partial charge in [0.1, 0.15) is 17.8 Å². The number of H-pyrrole nitrogens is 2. The first-order valence-corrected chi connectivity index (χ1v) is 10.0. The molecule has 5 rings (SSSR count). The van der Waals surface area contributed by atoms with E-state index in [-0.39, 0.29) is 18.0 Å². The summed E-state index contributed by atoms with van der Waals surface area (Å²) >= 11 is 0. The molecular weight excluding hydrogens is 364 g/mol. The van der Waals surface area contributed by atoms with Crippen LogP contribution in [0.15, 0.2) is 49.1 Å². The Morgan fingerprint density at radius 2 is 2.03 bits per heavy atom. The molecule has 148 valence electrons. The van der Waals surface area contributed by atoms with Crippen molar-refractivity contribution >= 4 is 33.7 Å². The highest BCUT2D eigenvalue weighted by Crippen LogP contribution is 2.29. The highest BCUT2D eigenvalue weighted by Gasteiger charge is 2.35. The summed E-state index contributed by atoms with van der Waals surface area (Å²) < 4.78 is 0. The average molecular weight is 388 g/mol. The normalized spacial score (nSPS) is 19.3. The van der Waals surface area contributed by atoms with Gasteiger partial charge >= 0.3 is 0 Å². The zero-order valence-corrected chi connectivity index (χ0v) is 16.6. The van der Waals surface area contributed by atoms with E-state index in [0.717, 1.165) is 52.7 Å². The van der Waals surface area contributed by atoms with Gasteiger partial charge in [0.25, 0.3) is 5.91 Å². The second kappa shape index (κ2) is 6.92. The molecule has 4 aromatic rings. The molecule has 3 aromatic heterocycles. The molecule has 0 bridgehead atoms. The lowest BCUT2D eigenvalue weighted by molar-refractivity contribution is 0.0685. The molecule has 1 saturated heterocycles. The molecule has 1 aromatic carbocycles. The predicted molar refractivity (Wildman–Crippen MR) is 114 cm³/mol. The van der Waals surface area contributed by atoms with Gasteiger partial charge in [-0.1, -0.05) is 0 Å². The molecule has 1 amide bonds. The Bertz CT molecular complexity index is 1180. The average Bonchev–Trinajstić information content (AvgIpc) is 3.46. The van der Waals surface area contributed by atoms with Gasteiger partial charge in [-0.3, -0.25) is 4.79 Å². The summed E-state index contributed by atoms with van der Waals surface area (Å²) in [5, 5.41) is 2.06. The fourth-order valence-electron chi connectivity index (χ4n) is 4.52. The van der Waals surface area contributed by atoms with E-state index in [1.54, 1.807) is 6.33 Å². The van der Waals surface area contributed by atoms with Gasteiger partial charge in [-0.25, -0.2) is 9.97 Å². The lowest BCUT2D eigenvalue weighted by Gasteiger charge is -2.32. The van der Waals surface area contributed by atoms with Gasteiger partial charge in [0.15, 0.2) is 0 Å². The molecule has 7 heteroatoms. The number of likely N-dealkylation sites (N-methyl/N-ethyl adjacent to an activating group) is 1. The molecular formula is C22H24N6O. The SMILES string of the molecule is C[C@@H]1CC[C@H](CN(C)c2ncnc3[nH]ccc23)N1C(=O)c1ccc2[nH]ccc2c1. The smallest absolute Gasteiger partial charge is 0.254 e. The molecule has 2 atom stereocenters. The van der Waals surface area contributed by atoms with Crippen LogP contribution >= 0.6 is 0 Å². The zero-order chi connectivity index (χ0) is 20.0. The van der Waals surface area contributed by atoms with Crippen LogP contribution in [0.3, 0.4) is 0 Å². The summed E-state index contributed by atoms with van der Waals surface area (Å²) in [5.41, 5.74) is 2.62. The maximum Gasteiger partial charge on any atom is 0.254 e. The first-order valence-electron chi connectivity index (χ1n) is 10.0. The summed E-state index contributed by atoms with van der Waals surface area (Å²) in [6.07, 6.45) is 7.36. The molecule has 0 unspecified atom stereocenters. The van der Waals surface area contributed by atoms with Crippen molar-refractivity contribution in [3.05, 3.63) is 54.6 Å². The highest BCUT2D eigenvalue weighted by molar-refractivity contribution is 5.98. The minimum atomic E-state index is 0.103. The third kappa shape index (κ3) is 3.03. The van der Waals surface area contributed by atoms with Crippen LogP contribution in [-0.4, -0.2) is 56.4 Å². The number of aromatic amines is 2. The number of carbonyl (C=O) groups excluding carboxylic acids is 1. The quantitative estimate of drug-likeness (QED) is 0.560. The molecule has 4 heterocycles. The molecule has 0 radical (unpaired) electrons. The Balaban J connectivity index is 1.40. The van der Waals surface area contributed by atoms with E-state index in [0.29, 0.717) is 0 Å². The molecule has 7 nitrogen and oxygen atoms in total. The fraction of sp³-hybridized carbons (Fsp3) is 0.318. The van der Waals surface area contributed by atoms with E-state index in [1.807, 2.05) is 49.8 Å². The Morgan fingerprint density at radius 1 is 1.17 bits per heavy atom. The number of nitrogens with one attached hydrogen (secondary N) is 2. The van der Waals surface area contributed by atoms with Crippen molar-refractivity contribution in [2.45, 2.75) is 31.8 Å². The number of aromatic nitrogens is 4. The number of fused-ring (bicyclic) bond motifs is 2. The second-order valence-corrected chi connectivity index (χ2v) is 7.89. The largest absolute Gasteiger partial charge is 0.361 e. The van der Waals surface area contributed by atoms with Crippen LogP contribution in [0.4, 0.5) is 5.82 Å². The second-order valence-electron chi connectivity index (χ2n) is 7.89. The maximum absolute atomic E-state index is 13.4. The Labute approximate surface area is 168 Å². The summed E-state index contributed by atoms with van der Waals surface area (Å²) in [5.74, 6) is 0.989. The van der Waals surface area contributed by atoms with Crippen LogP contribution in [0.5, 0.6) is 0 Å². The molecule has 0 spiro atoms. The highest BCUT2D eigenvalue weighted by atomic mass is 16.2. The third-order valence-electron chi connectivity index (χ3n) is 6.00. The van der Waals surface area contributed by atoms with Crippen molar-refractivity contribution in [1.29, 1.82) is 0 Å². The number of benzene rings is 1. The number of rotatable bonds is 4. The van der Waals surface area contributed by atoms with Crippen molar-refractivity contribution in [2.75, 3.05) is 18.5 Å². The van der Waals surface area contributed by atoms with E-state index >= 15 is 0 Å². The third-order valence-corrected chi connectivity index (χ3v) is 6.00. The van der Waals surface area contributed by atoms with Crippen LogP contribution in [0.25, 0.3) is 21.9 Å². The number of hydrogen-bond donors (Lipinski definition) is 2. The van der Waals surface area contributed by atoms with Gasteiger partial charge in [0, 0.05) is 54.5 Å². The van der Waals surface area contributed by atoms with Crippen LogP contribution in [0.1, 0.15) is 30.1 Å². The first kappa shape index (κ1) is 17.7. The van der Waals surface area contributed by atoms with Crippen LogP contribution < -0.4 is 4.90 Å². The number of likely N-dealkylation sites (tertiary alicyclic amines) is 1. The van der Waals surface area contributed by atoms with Crippen molar-refractivity contribution in [3.63, 3.8) is 0 Å². The van der Waals surface area contributed by atoms with Gasteiger partial charge in [0.05, 0.1) is 5.39 Å². The number of carbonyl (C=O) groups is 1. The van der Waals surface area contributed by atoms with E-state index < -0.39 is 0 Å². The summed E-state index contributed by atoms with van der Waals surface area (Å²) in [7, 11) is 2.03. The van der Waals surface area contributed by atoms with Crippen LogP contribution in [0, 0.1) is 0 Å². The van der Waals surface area contributed by atoms with E-state index in [9.17, 15) is 4.79 Å². The van der Waals surface area contributed by atoms with Crippen molar-refractivity contribution in [1.82, 2.24) is 24.8 Å². The van der Waals surface area contributed by atoms with Crippen molar-refractivity contribution in [3.8, 4) is 0 Å². The molecule has 2 N–H and O–H groups in total. The first-order chi connectivity index (χ1) is 14.1. The van der Waals surface area contributed by atoms with Crippen molar-refractivity contribution < 1.29 is 4.79 Å². The van der Waals surface area contributed by atoms with E-state index in [1.165, 1.54) is 0 Å². The van der Waals surface area contributed by atoms with Crippen LogP contribution in [0.2, 0.25) is 0 Å². The van der Waals surface area contributed by atoms with Gasteiger partial charge in [0.2, 0.25) is 0 Å². The Kier molecular flexibility index (Phi) is 4.23. The summed E-state index contributed by atoms with van der Waals surface area (Å²) in [6.45, 7) is 2.88. The minimum Gasteiger partial charge on any atom is -0.361 e. The van der Waals surface area contributed by atoms with E-state index in [4.69, 9.17) is 0 Å². The monoisotopic (exact) mass is 388 g/mol. The van der Waals surface area contributed by atoms with Gasteiger partial charge in [-0.2, -0.15) is 0 Å². The molecule has 1 aliphatic rings. The van der Waals surface area contributed by atoms with E-state index in [2.05, 4.69) is 36.7 Å². The predicted octanol–water partition coefficient (Wildman–Crippen LogP) is 3.57. The topological polar surface area (TPSA) is 80.9 Å². The minimum absolute atomic E-state index is 0.103. The molecule has 1 fully saturated rings. The number of amides is 1. The molecule has 1 aliphatic heterocycles. The number of nitrogens with zero attached hydrogens (tertiary/aromatic N) is 4. The molecule has 29 heavy (non-hydrogen) atoms. The number of anilines is 1. The van der Waals surface area contributed by atoms with Gasteiger partial charge in [-0.05, 0) is 50.1 Å². The fourth-order valence-corrected chi connectivity index (χ4v) is 4.52. The zero-order valence-electron chi connectivity index (χ0n) is 16.6. The maximum atomic E-state index is 13.4. The lowest BCUT2D eigenvalue weighted by atomic mass is 10.1. The van der Waals surface area contributed by atoms with Crippen LogP contribution in [-0.2, 0) is 0 Å².